The number of fused-ring (bicyclic) bond motifs is 1. The molecule has 3 N–H and O–H groups in total. The number of imidazole rings is 1. The second kappa shape index (κ2) is 8.09. The topological polar surface area (TPSA) is 143 Å². The zero-order valence-electron chi connectivity index (χ0n) is 18.2. The Bertz CT molecular complexity index is 1240. The Labute approximate surface area is 190 Å². The maximum absolute atomic E-state index is 13.5. The van der Waals surface area contributed by atoms with Crippen LogP contribution in [0.25, 0.3) is 11.2 Å². The van der Waals surface area contributed by atoms with Gasteiger partial charge in [0.25, 0.3) is 0 Å². The van der Waals surface area contributed by atoms with Gasteiger partial charge in [-0.3, -0.25) is 9.32 Å². The zero-order chi connectivity index (χ0) is 23.2. The minimum absolute atomic E-state index is 0.0544. The maximum Gasteiger partial charge on any atom is 0.459 e. The van der Waals surface area contributed by atoms with Gasteiger partial charge in [0.2, 0.25) is 0 Å². The van der Waals surface area contributed by atoms with Crippen LogP contribution in [0.1, 0.15) is 25.8 Å². The molecule has 0 saturated heterocycles. The van der Waals surface area contributed by atoms with Crippen molar-refractivity contribution in [2.45, 2.75) is 31.8 Å². The lowest BCUT2D eigenvalue weighted by Gasteiger charge is -2.22. The van der Waals surface area contributed by atoms with E-state index < -0.39 is 19.8 Å². The van der Waals surface area contributed by atoms with E-state index in [1.807, 2.05) is 10.6 Å². The van der Waals surface area contributed by atoms with Gasteiger partial charge in [-0.2, -0.15) is 5.09 Å². The molecule has 3 aromatic rings. The Kier molecular flexibility index (Phi) is 5.35. The van der Waals surface area contributed by atoms with Gasteiger partial charge in [0.15, 0.2) is 11.5 Å². The molecule has 3 unspecified atom stereocenters. The average molecular weight is 472 g/mol. The highest BCUT2D eigenvalue weighted by atomic mass is 31.2. The number of ether oxygens (including phenoxy) is 1. The Balaban J connectivity index is 1.27. The highest BCUT2D eigenvalue weighted by Crippen LogP contribution is 2.77. The number of nitrogens with two attached hydrogens (primary N) is 1. The first-order valence-electron chi connectivity index (χ1n) is 10.6. The maximum atomic E-state index is 13.5. The van der Waals surface area contributed by atoms with Gasteiger partial charge in [0, 0.05) is 6.04 Å². The van der Waals surface area contributed by atoms with Gasteiger partial charge < -0.3 is 19.6 Å². The first-order valence-corrected chi connectivity index (χ1v) is 12.2. The molecule has 2 aliphatic carbocycles. The van der Waals surface area contributed by atoms with Crippen LogP contribution in [0.3, 0.4) is 0 Å². The second-order valence-corrected chi connectivity index (χ2v) is 10.2. The number of methoxy groups -OCH3 is 1. The van der Waals surface area contributed by atoms with Crippen molar-refractivity contribution in [2.75, 3.05) is 19.5 Å². The lowest BCUT2D eigenvalue weighted by Crippen LogP contribution is -2.34. The molecule has 0 amide bonds. The van der Waals surface area contributed by atoms with E-state index >= 15 is 0 Å². The standard InChI is InChI=1S/C21H25N6O5P/c1-13(20(28)30-2)26-33(29,32-15-6-4-3-5-7-15)31-10-14-8-21(14)9-16(21)27-12-25-17-18(22)23-11-24-19(17)27/h3-7,11-14,16H,8-10H2,1-2H3,(H,26,29)(H2,22,23,24)/t13?,14-,16+,21?,33?/m1/s1. The quantitative estimate of drug-likeness (QED) is 0.352. The van der Waals surface area contributed by atoms with Crippen molar-refractivity contribution in [3.63, 3.8) is 0 Å². The second-order valence-electron chi connectivity index (χ2n) is 8.51. The van der Waals surface area contributed by atoms with Crippen LogP contribution in [0.4, 0.5) is 5.82 Å². The van der Waals surface area contributed by atoms with Crippen molar-refractivity contribution in [3.8, 4) is 5.75 Å². The van der Waals surface area contributed by atoms with Crippen LogP contribution in [0.5, 0.6) is 5.75 Å². The number of esters is 1. The minimum Gasteiger partial charge on any atom is -0.468 e. The van der Waals surface area contributed by atoms with Crippen LogP contribution in [0.2, 0.25) is 0 Å². The molecule has 2 fully saturated rings. The number of para-hydroxylation sites is 1. The molecule has 2 heterocycles. The summed E-state index contributed by atoms with van der Waals surface area (Å²) in [4.78, 5) is 24.5. The molecular formula is C21H25N6O5P. The van der Waals surface area contributed by atoms with Crippen molar-refractivity contribution < 1.29 is 23.1 Å². The molecule has 1 aromatic carbocycles. The molecule has 33 heavy (non-hydrogen) atoms. The van der Waals surface area contributed by atoms with Crippen LogP contribution >= 0.6 is 7.75 Å². The third-order valence-corrected chi connectivity index (χ3v) is 8.04. The number of nitrogen functional groups attached to an aromatic ring is 1. The smallest absolute Gasteiger partial charge is 0.459 e. The number of benzene rings is 1. The van der Waals surface area contributed by atoms with Crippen LogP contribution in [-0.4, -0.2) is 45.2 Å². The lowest BCUT2D eigenvalue weighted by atomic mass is 10.3. The van der Waals surface area contributed by atoms with Crippen molar-refractivity contribution >= 4 is 30.7 Å². The summed E-state index contributed by atoms with van der Waals surface area (Å²) in [7, 11) is -2.57. The summed E-state index contributed by atoms with van der Waals surface area (Å²) in [6.45, 7) is 1.77. The molecule has 2 saturated carbocycles. The van der Waals surface area contributed by atoms with Crippen molar-refractivity contribution in [1.29, 1.82) is 0 Å². The lowest BCUT2D eigenvalue weighted by molar-refractivity contribution is -0.142. The first kappa shape index (κ1) is 21.8. The summed E-state index contributed by atoms with van der Waals surface area (Å²) in [5, 5.41) is 2.68. The van der Waals surface area contributed by atoms with E-state index in [4.69, 9.17) is 19.5 Å². The first-order chi connectivity index (χ1) is 15.8. The Hall–Kier alpha value is -3.01. The SMILES string of the molecule is COC(=O)C(C)NP(=O)(OC[C@H]1CC12C[C@@H]2n1cnc2c(N)ncnc21)Oc1ccccc1. The fourth-order valence-corrected chi connectivity index (χ4v) is 5.96. The van der Waals surface area contributed by atoms with E-state index in [1.165, 1.54) is 13.4 Å². The molecular weight excluding hydrogens is 447 g/mol. The third kappa shape index (κ3) is 4.07. The highest BCUT2D eigenvalue weighted by Gasteiger charge is 2.71. The summed E-state index contributed by atoms with van der Waals surface area (Å²) < 4.78 is 31.7. The van der Waals surface area contributed by atoms with Gasteiger partial charge in [0.05, 0.1) is 20.0 Å². The van der Waals surface area contributed by atoms with E-state index in [2.05, 4.69) is 20.0 Å². The fourth-order valence-electron chi connectivity index (χ4n) is 4.42. The van der Waals surface area contributed by atoms with Crippen LogP contribution in [0.15, 0.2) is 43.0 Å². The fraction of sp³-hybridized carbons (Fsp3) is 0.429. The molecule has 0 radical (unpaired) electrons. The number of carbonyl (C=O) groups excluding carboxylic acids is 1. The zero-order valence-corrected chi connectivity index (χ0v) is 19.1. The molecule has 5 atom stereocenters. The number of carbonyl (C=O) groups is 1. The van der Waals surface area contributed by atoms with Crippen LogP contribution in [0, 0.1) is 11.3 Å². The number of hydrogen-bond acceptors (Lipinski definition) is 9. The number of rotatable bonds is 9. The molecule has 11 nitrogen and oxygen atoms in total. The minimum atomic E-state index is -3.84. The predicted molar refractivity (Wildman–Crippen MR) is 119 cm³/mol. The average Bonchev–Trinajstić information content (AvgIpc) is 3.65. The van der Waals surface area contributed by atoms with Gasteiger partial charge >= 0.3 is 13.7 Å². The summed E-state index contributed by atoms with van der Waals surface area (Å²) in [6, 6.07) is 8.06. The van der Waals surface area contributed by atoms with Crippen molar-refractivity contribution in [2.24, 2.45) is 11.3 Å². The Morgan fingerprint density at radius 3 is 2.85 bits per heavy atom. The highest BCUT2D eigenvalue weighted by molar-refractivity contribution is 7.52. The molecule has 2 aromatic heterocycles. The summed E-state index contributed by atoms with van der Waals surface area (Å²) in [5.74, 6) is 0.368. The van der Waals surface area contributed by atoms with Crippen LogP contribution < -0.4 is 15.3 Å². The monoisotopic (exact) mass is 472 g/mol. The third-order valence-electron chi connectivity index (χ3n) is 6.40. The Morgan fingerprint density at radius 2 is 2.09 bits per heavy atom. The normalized spacial score (nSPS) is 26.0. The number of nitrogens with zero attached hydrogens (tertiary/aromatic N) is 4. The molecule has 0 bridgehead atoms. The van der Waals surface area contributed by atoms with Gasteiger partial charge in [0.1, 0.15) is 23.6 Å². The van der Waals surface area contributed by atoms with Gasteiger partial charge in [-0.1, -0.05) is 18.2 Å². The number of hydrogen-bond donors (Lipinski definition) is 2. The molecule has 2 aliphatic rings. The molecule has 12 heteroatoms. The van der Waals surface area contributed by atoms with Gasteiger partial charge in [-0.05, 0) is 43.2 Å². The molecule has 174 valence electrons. The van der Waals surface area contributed by atoms with Crippen molar-refractivity contribution in [1.82, 2.24) is 24.6 Å². The molecule has 5 rings (SSSR count). The van der Waals surface area contributed by atoms with Crippen molar-refractivity contribution in [3.05, 3.63) is 43.0 Å². The summed E-state index contributed by atoms with van der Waals surface area (Å²) >= 11 is 0. The predicted octanol–water partition coefficient (Wildman–Crippen LogP) is 2.71. The van der Waals surface area contributed by atoms with E-state index in [1.54, 1.807) is 37.5 Å². The van der Waals surface area contributed by atoms with E-state index in [0.29, 0.717) is 22.7 Å². The van der Waals surface area contributed by atoms with Gasteiger partial charge in [-0.25, -0.2) is 19.5 Å². The van der Waals surface area contributed by atoms with Gasteiger partial charge in [-0.15, -0.1) is 0 Å². The molecule has 0 aliphatic heterocycles. The summed E-state index contributed by atoms with van der Waals surface area (Å²) in [6.07, 6.45) is 5.06. The summed E-state index contributed by atoms with van der Waals surface area (Å²) in [5.41, 5.74) is 7.26. The number of aromatic nitrogens is 4. The van der Waals surface area contributed by atoms with E-state index in [9.17, 15) is 9.36 Å². The van der Waals surface area contributed by atoms with E-state index in [0.717, 1.165) is 12.8 Å². The number of nitrogens with one attached hydrogen (secondary N) is 1. The molecule has 1 spiro atoms. The largest absolute Gasteiger partial charge is 0.468 e. The number of anilines is 1. The Morgan fingerprint density at radius 1 is 1.30 bits per heavy atom. The van der Waals surface area contributed by atoms with E-state index in [-0.39, 0.29) is 24.0 Å². The van der Waals surface area contributed by atoms with Crippen LogP contribution in [-0.2, 0) is 18.6 Å².